The first-order valence-corrected chi connectivity index (χ1v) is 6.96. The zero-order valence-corrected chi connectivity index (χ0v) is 12.4. The molecular weight excluding hydrogens is 328 g/mol. The fourth-order valence-electron chi connectivity index (χ4n) is 1.51. The topological polar surface area (TPSA) is 95.6 Å². The van der Waals surface area contributed by atoms with Gasteiger partial charge in [-0.2, -0.15) is 0 Å². The van der Waals surface area contributed by atoms with Crippen molar-refractivity contribution in [1.29, 1.82) is 5.41 Å². The molecule has 0 saturated carbocycles. The number of amidine groups is 1. The van der Waals surface area contributed by atoms with Crippen LogP contribution in [0, 0.1) is 12.3 Å². The SMILES string of the molecule is Cc1cc(=O)[nH]c(Sc2cc(Br)ccc2C(=N)N)n1. The highest BCUT2D eigenvalue weighted by Crippen LogP contribution is 2.30. The number of hydrogen-bond acceptors (Lipinski definition) is 4. The maximum Gasteiger partial charge on any atom is 0.251 e. The number of nitrogens with one attached hydrogen (secondary N) is 2. The normalized spacial score (nSPS) is 10.4. The van der Waals surface area contributed by atoms with Crippen LogP contribution in [-0.4, -0.2) is 15.8 Å². The summed E-state index contributed by atoms with van der Waals surface area (Å²) in [6, 6.07) is 6.83. The predicted molar refractivity (Wildman–Crippen MR) is 78.9 cm³/mol. The van der Waals surface area contributed by atoms with Crippen LogP contribution in [0.3, 0.4) is 0 Å². The fraction of sp³-hybridized carbons (Fsp3) is 0.0833. The second-order valence-electron chi connectivity index (χ2n) is 3.85. The Morgan fingerprint density at radius 1 is 1.47 bits per heavy atom. The van der Waals surface area contributed by atoms with Gasteiger partial charge in [-0.3, -0.25) is 10.2 Å². The van der Waals surface area contributed by atoms with E-state index in [9.17, 15) is 4.79 Å². The van der Waals surface area contributed by atoms with Crippen LogP contribution in [0.2, 0.25) is 0 Å². The number of rotatable bonds is 3. The van der Waals surface area contributed by atoms with E-state index in [0.29, 0.717) is 16.4 Å². The first kappa shape index (κ1) is 13.8. The first-order valence-electron chi connectivity index (χ1n) is 5.35. The van der Waals surface area contributed by atoms with Crippen molar-refractivity contribution < 1.29 is 0 Å². The van der Waals surface area contributed by atoms with Crippen molar-refractivity contribution in [2.75, 3.05) is 0 Å². The molecule has 1 heterocycles. The lowest BCUT2D eigenvalue weighted by Crippen LogP contribution is -2.13. The average Bonchev–Trinajstić information content (AvgIpc) is 2.26. The molecule has 5 nitrogen and oxygen atoms in total. The monoisotopic (exact) mass is 338 g/mol. The van der Waals surface area contributed by atoms with Crippen LogP contribution in [0.4, 0.5) is 0 Å². The Labute approximate surface area is 122 Å². The van der Waals surface area contributed by atoms with E-state index >= 15 is 0 Å². The highest BCUT2D eigenvalue weighted by atomic mass is 79.9. The van der Waals surface area contributed by atoms with Crippen molar-refractivity contribution in [3.8, 4) is 0 Å². The molecule has 2 rings (SSSR count). The Morgan fingerprint density at radius 2 is 2.21 bits per heavy atom. The summed E-state index contributed by atoms with van der Waals surface area (Å²) in [5, 5.41) is 8.03. The smallest absolute Gasteiger partial charge is 0.251 e. The number of hydrogen-bond donors (Lipinski definition) is 3. The number of benzene rings is 1. The predicted octanol–water partition coefficient (Wildman–Crippen LogP) is 2.28. The van der Waals surface area contributed by atoms with Gasteiger partial charge in [0.05, 0.1) is 0 Å². The van der Waals surface area contributed by atoms with E-state index < -0.39 is 0 Å². The molecule has 0 aliphatic carbocycles. The molecule has 0 aliphatic rings. The van der Waals surface area contributed by atoms with Gasteiger partial charge in [0.15, 0.2) is 5.16 Å². The molecule has 0 amide bonds. The minimum atomic E-state index is -0.200. The summed E-state index contributed by atoms with van der Waals surface area (Å²) in [4.78, 5) is 19.1. The summed E-state index contributed by atoms with van der Waals surface area (Å²) in [5.41, 5.74) is 6.59. The third kappa shape index (κ3) is 3.45. The number of nitrogens with two attached hydrogens (primary N) is 1. The number of aromatic amines is 1. The van der Waals surface area contributed by atoms with E-state index in [1.54, 1.807) is 13.0 Å². The van der Waals surface area contributed by atoms with Gasteiger partial charge >= 0.3 is 0 Å². The van der Waals surface area contributed by atoms with Crippen LogP contribution < -0.4 is 11.3 Å². The molecule has 0 radical (unpaired) electrons. The minimum absolute atomic E-state index is 0.0231. The highest BCUT2D eigenvalue weighted by Gasteiger charge is 2.09. The number of nitrogen functional groups attached to an aromatic ring is 1. The van der Waals surface area contributed by atoms with Gasteiger partial charge in [0, 0.05) is 26.7 Å². The number of halogens is 1. The summed E-state index contributed by atoms with van der Waals surface area (Å²) in [6.07, 6.45) is 0. The Hall–Kier alpha value is -1.60. The van der Waals surface area contributed by atoms with Gasteiger partial charge in [0.25, 0.3) is 5.56 Å². The van der Waals surface area contributed by atoms with Crippen molar-refractivity contribution in [3.05, 3.63) is 50.3 Å². The molecular formula is C12H11BrN4OS. The van der Waals surface area contributed by atoms with Crippen LogP contribution in [0.5, 0.6) is 0 Å². The molecule has 0 unspecified atom stereocenters. The number of aromatic nitrogens is 2. The second-order valence-corrected chi connectivity index (χ2v) is 5.79. The van der Waals surface area contributed by atoms with Gasteiger partial charge in [-0.05, 0) is 25.1 Å². The van der Waals surface area contributed by atoms with Crippen molar-refractivity contribution in [2.24, 2.45) is 5.73 Å². The quantitative estimate of drug-likeness (QED) is 0.454. The Balaban J connectivity index is 2.45. The maximum atomic E-state index is 11.4. The minimum Gasteiger partial charge on any atom is -0.384 e. The third-order valence-corrected chi connectivity index (χ3v) is 3.73. The van der Waals surface area contributed by atoms with Crippen molar-refractivity contribution in [1.82, 2.24) is 9.97 Å². The summed E-state index contributed by atoms with van der Waals surface area (Å²) in [5.74, 6) is -0.0231. The van der Waals surface area contributed by atoms with Crippen molar-refractivity contribution in [2.45, 2.75) is 17.0 Å². The first-order chi connectivity index (χ1) is 8.95. The lowest BCUT2D eigenvalue weighted by atomic mass is 10.2. The van der Waals surface area contributed by atoms with Gasteiger partial charge in [-0.15, -0.1) is 0 Å². The van der Waals surface area contributed by atoms with Crippen LogP contribution in [-0.2, 0) is 0 Å². The van der Waals surface area contributed by atoms with Crippen LogP contribution in [0.25, 0.3) is 0 Å². The Kier molecular flexibility index (Phi) is 4.06. The van der Waals surface area contributed by atoms with Crippen LogP contribution in [0.15, 0.2) is 43.6 Å². The van der Waals surface area contributed by atoms with E-state index in [1.807, 2.05) is 12.1 Å². The molecule has 98 valence electrons. The molecule has 0 fully saturated rings. The molecule has 19 heavy (non-hydrogen) atoms. The van der Waals surface area contributed by atoms with Crippen molar-refractivity contribution in [3.63, 3.8) is 0 Å². The Morgan fingerprint density at radius 3 is 2.84 bits per heavy atom. The molecule has 0 saturated heterocycles. The molecule has 0 aliphatic heterocycles. The Bertz CT molecular complexity index is 698. The lowest BCUT2D eigenvalue weighted by molar-refractivity contribution is 0.905. The molecule has 2 aromatic rings. The fourth-order valence-corrected chi connectivity index (χ4v) is 3.04. The van der Waals surface area contributed by atoms with E-state index in [-0.39, 0.29) is 11.4 Å². The standard InChI is InChI=1S/C12H11BrN4OS/c1-6-4-10(18)17-12(16-6)19-9-5-7(13)2-3-8(9)11(14)15/h2-5H,1H3,(H3,14,15)(H,16,17,18). The van der Waals surface area contributed by atoms with E-state index in [0.717, 1.165) is 9.37 Å². The summed E-state index contributed by atoms with van der Waals surface area (Å²) in [6.45, 7) is 1.76. The van der Waals surface area contributed by atoms with Crippen molar-refractivity contribution >= 4 is 33.5 Å². The van der Waals surface area contributed by atoms with Gasteiger partial charge in [0.1, 0.15) is 5.84 Å². The highest BCUT2D eigenvalue weighted by molar-refractivity contribution is 9.10. The average molecular weight is 339 g/mol. The molecule has 1 aromatic heterocycles. The van der Waals surface area contributed by atoms with E-state index in [2.05, 4.69) is 25.9 Å². The zero-order chi connectivity index (χ0) is 14.0. The van der Waals surface area contributed by atoms with Gasteiger partial charge in [-0.25, -0.2) is 4.98 Å². The largest absolute Gasteiger partial charge is 0.384 e. The number of nitrogens with zero attached hydrogens (tertiary/aromatic N) is 1. The van der Waals surface area contributed by atoms with Gasteiger partial charge in [-0.1, -0.05) is 27.7 Å². The molecule has 0 bridgehead atoms. The summed E-state index contributed by atoms with van der Waals surface area (Å²) in [7, 11) is 0. The van der Waals surface area contributed by atoms with E-state index in [1.165, 1.54) is 17.8 Å². The van der Waals surface area contributed by atoms with E-state index in [4.69, 9.17) is 11.1 Å². The lowest BCUT2D eigenvalue weighted by Gasteiger charge is -2.08. The molecule has 7 heteroatoms. The number of aryl methyl sites for hydroxylation is 1. The third-order valence-electron chi connectivity index (χ3n) is 2.29. The molecule has 0 atom stereocenters. The van der Waals surface area contributed by atoms with Crippen LogP contribution >= 0.6 is 27.7 Å². The van der Waals surface area contributed by atoms with Gasteiger partial charge in [0.2, 0.25) is 0 Å². The van der Waals surface area contributed by atoms with Gasteiger partial charge < -0.3 is 10.7 Å². The molecule has 1 aromatic carbocycles. The summed E-state index contributed by atoms with van der Waals surface area (Å²) >= 11 is 4.64. The number of H-pyrrole nitrogens is 1. The maximum absolute atomic E-state index is 11.4. The zero-order valence-electron chi connectivity index (χ0n) is 10.0. The summed E-state index contributed by atoms with van der Waals surface area (Å²) < 4.78 is 0.870. The van der Waals surface area contributed by atoms with Crippen LogP contribution in [0.1, 0.15) is 11.3 Å². The molecule has 4 N–H and O–H groups in total. The second kappa shape index (κ2) is 5.58. The molecule has 0 spiro atoms.